The minimum absolute atomic E-state index is 0.0469. The number of ether oxygens (including phenoxy) is 1. The van der Waals surface area contributed by atoms with Crippen molar-refractivity contribution in [3.05, 3.63) is 89.7 Å². The first kappa shape index (κ1) is 27.9. The third-order valence-corrected chi connectivity index (χ3v) is 7.70. The Hall–Kier alpha value is -3.08. The van der Waals surface area contributed by atoms with E-state index in [4.69, 9.17) is 4.74 Å². The zero-order valence-corrected chi connectivity index (χ0v) is 22.2. The summed E-state index contributed by atoms with van der Waals surface area (Å²) in [5.74, 6) is -3.20. The summed E-state index contributed by atoms with van der Waals surface area (Å²) in [6.07, 6.45) is 12.6. The average molecular weight is 525 g/mol. The van der Waals surface area contributed by atoms with Crippen molar-refractivity contribution >= 4 is 0 Å². The lowest BCUT2D eigenvalue weighted by Gasteiger charge is -2.29. The van der Waals surface area contributed by atoms with Crippen LogP contribution in [0.5, 0.6) is 5.75 Å². The molecule has 4 rings (SSSR count). The summed E-state index contributed by atoms with van der Waals surface area (Å²) in [6.45, 7) is 4.11. The summed E-state index contributed by atoms with van der Waals surface area (Å²) in [5, 5.41) is 0. The quantitative estimate of drug-likeness (QED) is 0.146. The largest absolute Gasteiger partial charge is 0.462 e. The molecule has 1 nitrogen and oxygen atoms in total. The summed E-state index contributed by atoms with van der Waals surface area (Å²) in [5.41, 5.74) is 1.58. The fraction of sp³-hybridized carbons (Fsp3) is 0.394. The molecule has 0 radical (unpaired) electrons. The van der Waals surface area contributed by atoms with E-state index in [0.29, 0.717) is 29.0 Å². The van der Waals surface area contributed by atoms with Crippen LogP contribution in [0.4, 0.5) is 17.6 Å². The van der Waals surface area contributed by atoms with E-state index >= 15 is 8.78 Å². The van der Waals surface area contributed by atoms with Crippen molar-refractivity contribution in [3.63, 3.8) is 0 Å². The first-order valence-corrected chi connectivity index (χ1v) is 13.8. The fourth-order valence-electron chi connectivity index (χ4n) is 5.44. The van der Waals surface area contributed by atoms with Gasteiger partial charge in [0.25, 0.3) is 0 Å². The highest BCUT2D eigenvalue weighted by atomic mass is 19.2. The van der Waals surface area contributed by atoms with Gasteiger partial charge in [-0.2, -0.15) is 4.39 Å². The van der Waals surface area contributed by atoms with E-state index in [1.165, 1.54) is 44.1 Å². The first-order valence-electron chi connectivity index (χ1n) is 13.8. The third-order valence-electron chi connectivity index (χ3n) is 7.70. The van der Waals surface area contributed by atoms with E-state index in [-0.39, 0.29) is 22.8 Å². The van der Waals surface area contributed by atoms with Crippen molar-refractivity contribution < 1.29 is 22.3 Å². The number of benzene rings is 3. The predicted molar refractivity (Wildman–Crippen MR) is 146 cm³/mol. The third kappa shape index (κ3) is 6.31. The molecule has 0 atom stereocenters. The molecule has 5 heteroatoms. The maximum absolute atomic E-state index is 15.2. The monoisotopic (exact) mass is 524 g/mol. The van der Waals surface area contributed by atoms with Gasteiger partial charge in [-0.25, -0.2) is 13.2 Å². The van der Waals surface area contributed by atoms with Crippen LogP contribution in [0.3, 0.4) is 0 Å². The minimum Gasteiger partial charge on any atom is -0.462 e. The fourth-order valence-corrected chi connectivity index (χ4v) is 5.44. The molecule has 3 aromatic carbocycles. The van der Waals surface area contributed by atoms with E-state index in [1.54, 1.807) is 42.5 Å². The molecule has 0 N–H and O–H groups in total. The van der Waals surface area contributed by atoms with Gasteiger partial charge in [0, 0.05) is 11.1 Å². The van der Waals surface area contributed by atoms with Gasteiger partial charge in [-0.15, -0.1) is 0 Å². The maximum Gasteiger partial charge on any atom is 0.201 e. The van der Waals surface area contributed by atoms with Crippen LogP contribution >= 0.6 is 0 Å². The normalized spacial score (nSPS) is 17.7. The summed E-state index contributed by atoms with van der Waals surface area (Å²) in [7, 11) is 0. The summed E-state index contributed by atoms with van der Waals surface area (Å²) >= 11 is 0. The number of allylic oxidation sites excluding steroid dienone is 1. The van der Waals surface area contributed by atoms with Gasteiger partial charge in [0.2, 0.25) is 5.82 Å². The molecule has 0 heterocycles. The molecule has 38 heavy (non-hydrogen) atoms. The van der Waals surface area contributed by atoms with Crippen LogP contribution in [-0.2, 0) is 0 Å². The topological polar surface area (TPSA) is 9.23 Å². The molecular formula is C33H36F4O. The number of rotatable bonds is 10. The second-order valence-corrected chi connectivity index (χ2v) is 10.3. The second kappa shape index (κ2) is 13.1. The second-order valence-electron chi connectivity index (χ2n) is 10.3. The molecule has 0 unspecified atom stereocenters. The van der Waals surface area contributed by atoms with Gasteiger partial charge in [-0.1, -0.05) is 75.9 Å². The van der Waals surface area contributed by atoms with Crippen LogP contribution in [0.2, 0.25) is 0 Å². The van der Waals surface area contributed by atoms with Crippen LogP contribution in [0.25, 0.3) is 22.3 Å². The summed E-state index contributed by atoms with van der Waals surface area (Å²) in [4.78, 5) is 0. The molecule has 1 aliphatic rings. The lowest BCUT2D eigenvalue weighted by molar-refractivity contribution is 0.298. The van der Waals surface area contributed by atoms with Crippen LogP contribution in [0.1, 0.15) is 83.1 Å². The number of halogens is 4. The Kier molecular flexibility index (Phi) is 9.65. The Morgan fingerprint density at radius 3 is 1.92 bits per heavy atom. The average Bonchev–Trinajstić information content (AvgIpc) is 2.94. The molecule has 0 bridgehead atoms. The molecular weight excluding hydrogens is 488 g/mol. The molecule has 1 fully saturated rings. The highest BCUT2D eigenvalue weighted by Crippen LogP contribution is 2.40. The minimum atomic E-state index is -1.08. The summed E-state index contributed by atoms with van der Waals surface area (Å²) in [6, 6.07) is 12.5. The van der Waals surface area contributed by atoms with Gasteiger partial charge in [-0.05, 0) is 78.8 Å². The molecule has 202 valence electrons. The van der Waals surface area contributed by atoms with Gasteiger partial charge in [0.05, 0.1) is 6.26 Å². The van der Waals surface area contributed by atoms with Gasteiger partial charge in [0.15, 0.2) is 23.2 Å². The van der Waals surface area contributed by atoms with Crippen LogP contribution in [0.15, 0.2) is 60.9 Å². The highest BCUT2D eigenvalue weighted by molar-refractivity contribution is 5.72. The molecule has 0 aliphatic heterocycles. The van der Waals surface area contributed by atoms with Gasteiger partial charge >= 0.3 is 0 Å². The van der Waals surface area contributed by atoms with Crippen molar-refractivity contribution in [2.45, 2.75) is 77.6 Å². The van der Waals surface area contributed by atoms with E-state index in [2.05, 4.69) is 6.92 Å². The Bertz CT molecular complexity index is 1240. The Labute approximate surface area is 223 Å². The van der Waals surface area contributed by atoms with E-state index in [0.717, 1.165) is 25.7 Å². The summed E-state index contributed by atoms with van der Waals surface area (Å²) < 4.78 is 64.7. The van der Waals surface area contributed by atoms with E-state index in [9.17, 15) is 8.78 Å². The van der Waals surface area contributed by atoms with Crippen molar-refractivity contribution in [1.82, 2.24) is 0 Å². The van der Waals surface area contributed by atoms with Crippen LogP contribution in [0, 0.1) is 29.2 Å². The van der Waals surface area contributed by atoms with Crippen molar-refractivity contribution in [3.8, 4) is 28.0 Å². The number of unbranched alkanes of at least 4 members (excludes halogenated alkanes) is 2. The van der Waals surface area contributed by atoms with Crippen LogP contribution in [-0.4, -0.2) is 0 Å². The standard InChI is InChI=1S/C33H36F4O/c1-3-5-7-8-22-9-11-23(12-10-22)26-17-18-27(31(35)30(26)34)24-13-15-25(16-14-24)28-19-20-29(33(37)32(28)36)38-21-6-4-2/h6,13-23H,3-5,7-12H2,1-2H3. The molecule has 0 spiro atoms. The Morgan fingerprint density at radius 1 is 0.711 bits per heavy atom. The zero-order valence-electron chi connectivity index (χ0n) is 22.2. The Morgan fingerprint density at radius 2 is 1.32 bits per heavy atom. The highest BCUT2D eigenvalue weighted by Gasteiger charge is 2.26. The van der Waals surface area contributed by atoms with E-state index in [1.807, 2.05) is 6.92 Å². The van der Waals surface area contributed by atoms with Crippen molar-refractivity contribution in [2.75, 3.05) is 0 Å². The molecule has 1 saturated carbocycles. The van der Waals surface area contributed by atoms with Gasteiger partial charge in [0.1, 0.15) is 0 Å². The molecule has 0 amide bonds. The smallest absolute Gasteiger partial charge is 0.201 e. The lowest BCUT2D eigenvalue weighted by Crippen LogP contribution is -2.15. The lowest BCUT2D eigenvalue weighted by atomic mass is 9.76. The van der Waals surface area contributed by atoms with Crippen LogP contribution < -0.4 is 4.74 Å². The first-order chi connectivity index (χ1) is 18.4. The van der Waals surface area contributed by atoms with Crippen molar-refractivity contribution in [2.24, 2.45) is 5.92 Å². The molecule has 3 aromatic rings. The molecule has 0 aromatic heterocycles. The Balaban J connectivity index is 1.48. The number of hydrogen-bond acceptors (Lipinski definition) is 1. The number of hydrogen-bond donors (Lipinski definition) is 0. The maximum atomic E-state index is 15.2. The van der Waals surface area contributed by atoms with Gasteiger partial charge in [-0.3, -0.25) is 0 Å². The SMILES string of the molecule is CCC=COc1ccc(-c2ccc(-c3ccc(C4CCC(CCCCC)CC4)c(F)c3F)cc2)c(F)c1F. The van der Waals surface area contributed by atoms with E-state index < -0.39 is 23.3 Å². The predicted octanol–water partition coefficient (Wildman–Crippen LogP) is 10.7. The molecule has 1 aliphatic carbocycles. The zero-order chi connectivity index (χ0) is 27.1. The van der Waals surface area contributed by atoms with Gasteiger partial charge < -0.3 is 4.74 Å². The molecule has 0 saturated heterocycles. The van der Waals surface area contributed by atoms with Crippen molar-refractivity contribution in [1.29, 1.82) is 0 Å².